The Kier molecular flexibility index (Phi) is 5.40. The normalized spacial score (nSPS) is 20.7. The van der Waals surface area contributed by atoms with Crippen LogP contribution in [-0.4, -0.2) is 4.98 Å². The lowest BCUT2D eigenvalue weighted by atomic mass is 9.76. The first kappa shape index (κ1) is 17.9. The Hall–Kier alpha value is -1.91. The first-order valence-electron chi connectivity index (χ1n) is 8.79. The quantitative estimate of drug-likeness (QED) is 0.484. The van der Waals surface area contributed by atoms with Crippen LogP contribution in [0.3, 0.4) is 0 Å². The highest BCUT2D eigenvalue weighted by Crippen LogP contribution is 2.41. The average Bonchev–Trinajstić information content (AvgIpc) is 2.59. The van der Waals surface area contributed by atoms with E-state index in [9.17, 15) is 17.6 Å². The molecule has 3 rings (SSSR count). The number of benzene rings is 1. The van der Waals surface area contributed by atoms with E-state index >= 15 is 0 Å². The van der Waals surface area contributed by atoms with Crippen LogP contribution < -0.4 is 0 Å². The van der Waals surface area contributed by atoms with E-state index in [1.807, 2.05) is 12.1 Å². The first-order chi connectivity index (χ1) is 12.0. The maximum absolute atomic E-state index is 14.4. The van der Waals surface area contributed by atoms with E-state index in [0.717, 1.165) is 24.5 Å². The van der Waals surface area contributed by atoms with E-state index in [2.05, 4.69) is 11.9 Å². The van der Waals surface area contributed by atoms with Crippen LogP contribution >= 0.6 is 0 Å². The number of hydrogen-bond donors (Lipinski definition) is 0. The SMILES string of the molecule is CCCc1ccc(C2CCC(c3cc(F)c(F)nc3F)CC2)c(F)c1. The Morgan fingerprint density at radius 3 is 2.08 bits per heavy atom. The topological polar surface area (TPSA) is 12.9 Å². The minimum absolute atomic E-state index is 0.0771. The standard InChI is InChI=1S/C20H21F4N/c1-2-3-12-4-9-15(17(21)10-12)13-5-7-14(8-6-13)16-11-18(22)20(24)25-19(16)23/h4,9-11,13-14H,2-3,5-8H2,1H3. The molecule has 0 aliphatic heterocycles. The number of pyridine rings is 1. The Morgan fingerprint density at radius 1 is 0.840 bits per heavy atom. The molecule has 25 heavy (non-hydrogen) atoms. The molecule has 0 amide bonds. The van der Waals surface area contributed by atoms with E-state index in [1.165, 1.54) is 0 Å². The fourth-order valence-corrected chi connectivity index (χ4v) is 3.81. The molecule has 1 aliphatic carbocycles. The lowest BCUT2D eigenvalue weighted by molar-refractivity contribution is 0.368. The third-order valence-electron chi connectivity index (χ3n) is 5.12. The number of halogens is 4. The van der Waals surface area contributed by atoms with Gasteiger partial charge in [0.2, 0.25) is 5.95 Å². The highest BCUT2D eigenvalue weighted by Gasteiger charge is 2.28. The zero-order valence-corrected chi connectivity index (χ0v) is 14.2. The molecule has 0 bridgehead atoms. The summed E-state index contributed by atoms with van der Waals surface area (Å²) in [6.07, 6.45) is 4.40. The molecule has 1 heterocycles. The van der Waals surface area contributed by atoms with Crippen molar-refractivity contribution in [3.63, 3.8) is 0 Å². The van der Waals surface area contributed by atoms with E-state index < -0.39 is 17.7 Å². The maximum Gasteiger partial charge on any atom is 0.251 e. The van der Waals surface area contributed by atoms with Gasteiger partial charge < -0.3 is 0 Å². The van der Waals surface area contributed by atoms with Crippen molar-refractivity contribution >= 4 is 0 Å². The Morgan fingerprint density at radius 2 is 1.48 bits per heavy atom. The molecule has 0 spiro atoms. The summed E-state index contributed by atoms with van der Waals surface area (Å²) in [6.45, 7) is 2.05. The van der Waals surface area contributed by atoms with Gasteiger partial charge in [-0.3, -0.25) is 0 Å². The predicted octanol–water partition coefficient (Wildman–Crippen LogP) is 6.03. The minimum atomic E-state index is -1.41. The molecule has 1 fully saturated rings. The third kappa shape index (κ3) is 3.86. The smallest absolute Gasteiger partial charge is 0.207 e. The van der Waals surface area contributed by atoms with Crippen molar-refractivity contribution in [2.75, 3.05) is 0 Å². The summed E-state index contributed by atoms with van der Waals surface area (Å²) in [5.41, 5.74) is 1.81. The van der Waals surface area contributed by atoms with Crippen LogP contribution in [0.4, 0.5) is 17.6 Å². The maximum atomic E-state index is 14.4. The lowest BCUT2D eigenvalue weighted by Gasteiger charge is -2.29. The minimum Gasteiger partial charge on any atom is -0.207 e. The molecule has 1 aromatic carbocycles. The van der Waals surface area contributed by atoms with Crippen LogP contribution in [0.15, 0.2) is 24.3 Å². The number of aromatic nitrogens is 1. The molecule has 1 nitrogen and oxygen atoms in total. The molecule has 0 unspecified atom stereocenters. The van der Waals surface area contributed by atoms with Gasteiger partial charge in [0.05, 0.1) is 0 Å². The van der Waals surface area contributed by atoms with E-state index in [1.54, 1.807) is 6.07 Å². The lowest BCUT2D eigenvalue weighted by Crippen LogP contribution is -2.15. The fraction of sp³-hybridized carbons (Fsp3) is 0.450. The van der Waals surface area contributed by atoms with Crippen molar-refractivity contribution in [1.82, 2.24) is 4.98 Å². The van der Waals surface area contributed by atoms with Gasteiger partial charge in [0, 0.05) is 5.56 Å². The van der Waals surface area contributed by atoms with Gasteiger partial charge in [0.15, 0.2) is 5.82 Å². The number of hydrogen-bond acceptors (Lipinski definition) is 1. The highest BCUT2D eigenvalue weighted by atomic mass is 19.2. The molecular weight excluding hydrogens is 330 g/mol. The van der Waals surface area contributed by atoms with E-state index in [0.29, 0.717) is 31.2 Å². The Balaban J connectivity index is 1.71. The van der Waals surface area contributed by atoms with E-state index in [-0.39, 0.29) is 23.2 Å². The van der Waals surface area contributed by atoms with Crippen LogP contribution in [0.5, 0.6) is 0 Å². The van der Waals surface area contributed by atoms with Gasteiger partial charge in [0.25, 0.3) is 5.95 Å². The summed E-state index contributed by atoms with van der Waals surface area (Å²) in [5, 5.41) is 0. The van der Waals surface area contributed by atoms with Crippen LogP contribution in [0.25, 0.3) is 0 Å². The molecule has 0 atom stereocenters. The summed E-state index contributed by atoms with van der Waals surface area (Å²) in [5.74, 6) is -3.80. The second-order valence-electron chi connectivity index (χ2n) is 6.80. The summed E-state index contributed by atoms with van der Waals surface area (Å²) in [6, 6.07) is 6.32. The van der Waals surface area contributed by atoms with Crippen LogP contribution in [0.1, 0.15) is 67.6 Å². The second-order valence-corrected chi connectivity index (χ2v) is 6.80. The van der Waals surface area contributed by atoms with Gasteiger partial charge in [-0.2, -0.15) is 13.8 Å². The van der Waals surface area contributed by atoms with E-state index in [4.69, 9.17) is 0 Å². The summed E-state index contributed by atoms with van der Waals surface area (Å²) >= 11 is 0. The summed E-state index contributed by atoms with van der Waals surface area (Å²) in [4.78, 5) is 3.00. The van der Waals surface area contributed by atoms with Crippen LogP contribution in [0.2, 0.25) is 0 Å². The molecule has 1 aromatic heterocycles. The zero-order valence-electron chi connectivity index (χ0n) is 14.2. The average molecular weight is 351 g/mol. The number of nitrogens with zero attached hydrogens (tertiary/aromatic N) is 1. The second kappa shape index (κ2) is 7.54. The molecule has 0 saturated heterocycles. The molecule has 0 radical (unpaired) electrons. The van der Waals surface area contributed by atoms with Crippen molar-refractivity contribution in [3.05, 3.63) is 64.5 Å². The van der Waals surface area contributed by atoms with Gasteiger partial charge >= 0.3 is 0 Å². The molecule has 1 aliphatic rings. The Bertz CT molecular complexity index is 752. The van der Waals surface area contributed by atoms with Crippen LogP contribution in [0, 0.1) is 23.5 Å². The Labute approximate surface area is 145 Å². The van der Waals surface area contributed by atoms with Gasteiger partial charge in [-0.15, -0.1) is 0 Å². The monoisotopic (exact) mass is 351 g/mol. The zero-order chi connectivity index (χ0) is 18.0. The molecule has 0 N–H and O–H groups in total. The molecule has 134 valence electrons. The predicted molar refractivity (Wildman–Crippen MR) is 88.5 cm³/mol. The first-order valence-corrected chi connectivity index (χ1v) is 8.79. The van der Waals surface area contributed by atoms with Gasteiger partial charge in [-0.25, -0.2) is 8.78 Å². The number of aryl methyl sites for hydroxylation is 1. The third-order valence-corrected chi connectivity index (χ3v) is 5.12. The summed E-state index contributed by atoms with van der Waals surface area (Å²) < 4.78 is 54.5. The van der Waals surface area contributed by atoms with Crippen molar-refractivity contribution in [2.45, 2.75) is 57.3 Å². The molecule has 2 aromatic rings. The van der Waals surface area contributed by atoms with Crippen molar-refractivity contribution < 1.29 is 17.6 Å². The van der Waals surface area contributed by atoms with Crippen LogP contribution in [-0.2, 0) is 6.42 Å². The molecule has 5 heteroatoms. The van der Waals surface area contributed by atoms with Crippen molar-refractivity contribution in [1.29, 1.82) is 0 Å². The highest BCUT2D eigenvalue weighted by molar-refractivity contribution is 5.28. The van der Waals surface area contributed by atoms with Crippen molar-refractivity contribution in [3.8, 4) is 0 Å². The van der Waals surface area contributed by atoms with Crippen molar-refractivity contribution in [2.24, 2.45) is 0 Å². The summed E-state index contributed by atoms with van der Waals surface area (Å²) in [7, 11) is 0. The van der Waals surface area contributed by atoms with Gasteiger partial charge in [0.1, 0.15) is 5.82 Å². The molecule has 1 saturated carbocycles. The van der Waals surface area contributed by atoms with Gasteiger partial charge in [-0.05, 0) is 67.2 Å². The van der Waals surface area contributed by atoms with Gasteiger partial charge in [-0.1, -0.05) is 25.5 Å². The largest absolute Gasteiger partial charge is 0.251 e. The molecular formula is C20H21F4N. The fourth-order valence-electron chi connectivity index (χ4n) is 3.81. The number of rotatable bonds is 4.